The van der Waals surface area contributed by atoms with Crippen LogP contribution in [0.1, 0.15) is 27.0 Å². The molecule has 0 radical (unpaired) electrons. The maximum Gasteiger partial charge on any atom is 0.251 e. The fraction of sp³-hybridized carbons (Fsp3) is 0.269. The molecule has 31 heavy (non-hydrogen) atoms. The molecule has 0 aliphatic carbocycles. The number of anilines is 1. The van der Waals surface area contributed by atoms with Gasteiger partial charge in [-0.3, -0.25) is 9.69 Å². The molecule has 1 aliphatic rings. The Morgan fingerprint density at radius 2 is 1.61 bits per heavy atom. The lowest BCUT2D eigenvalue weighted by molar-refractivity contribution is 0.0950. The van der Waals surface area contributed by atoms with E-state index in [1.165, 1.54) is 17.7 Å². The molecule has 0 bridgehead atoms. The number of hydrogen-bond donors (Lipinski definition) is 1. The first-order chi connectivity index (χ1) is 15.1. The van der Waals surface area contributed by atoms with E-state index in [2.05, 4.69) is 27.2 Å². The summed E-state index contributed by atoms with van der Waals surface area (Å²) in [6.07, 6.45) is 0. The molecule has 1 heterocycles. The topological polar surface area (TPSA) is 35.6 Å². The number of benzene rings is 3. The van der Waals surface area contributed by atoms with Crippen molar-refractivity contribution in [1.29, 1.82) is 0 Å². The number of nitrogens with one attached hydrogen (secondary N) is 1. The van der Waals surface area contributed by atoms with E-state index in [9.17, 15) is 9.18 Å². The van der Waals surface area contributed by atoms with Gasteiger partial charge in [0.05, 0.1) is 0 Å². The third-order valence-corrected chi connectivity index (χ3v) is 5.69. The minimum absolute atomic E-state index is 0.0514. The molecule has 0 aromatic heterocycles. The lowest BCUT2D eigenvalue weighted by atomic mass is 10.1. The molecule has 0 unspecified atom stereocenters. The Hall–Kier alpha value is -3.18. The van der Waals surface area contributed by atoms with Gasteiger partial charge in [-0.2, -0.15) is 0 Å². The molecule has 5 heteroatoms. The van der Waals surface area contributed by atoms with Crippen LogP contribution >= 0.6 is 0 Å². The number of aryl methyl sites for hydroxylation is 1. The van der Waals surface area contributed by atoms with E-state index in [0.29, 0.717) is 12.1 Å². The summed E-state index contributed by atoms with van der Waals surface area (Å²) in [5.41, 5.74) is 5.18. The lowest BCUT2D eigenvalue weighted by Crippen LogP contribution is -2.46. The van der Waals surface area contributed by atoms with Crippen LogP contribution in [0.2, 0.25) is 0 Å². The fourth-order valence-corrected chi connectivity index (χ4v) is 3.99. The summed E-state index contributed by atoms with van der Waals surface area (Å²) in [6, 6.07) is 22.7. The summed E-state index contributed by atoms with van der Waals surface area (Å²) in [4.78, 5) is 17.3. The van der Waals surface area contributed by atoms with E-state index in [0.717, 1.165) is 49.5 Å². The first kappa shape index (κ1) is 21.1. The van der Waals surface area contributed by atoms with E-state index in [1.54, 1.807) is 0 Å². The number of carbonyl (C=O) groups excluding carboxylic acids is 1. The van der Waals surface area contributed by atoms with Gasteiger partial charge in [0.25, 0.3) is 5.91 Å². The smallest absolute Gasteiger partial charge is 0.251 e. The van der Waals surface area contributed by atoms with Crippen LogP contribution in [0.4, 0.5) is 10.1 Å². The minimum atomic E-state index is -0.204. The van der Waals surface area contributed by atoms with Crippen molar-refractivity contribution in [2.24, 2.45) is 0 Å². The molecule has 1 N–H and O–H groups in total. The number of nitrogens with zero attached hydrogens (tertiary/aromatic N) is 2. The molecule has 1 fully saturated rings. The Bertz CT molecular complexity index is 1030. The lowest BCUT2D eigenvalue weighted by Gasteiger charge is -2.36. The summed E-state index contributed by atoms with van der Waals surface area (Å²) in [7, 11) is 0. The van der Waals surface area contributed by atoms with Crippen molar-refractivity contribution in [2.45, 2.75) is 20.0 Å². The number of hydrogen-bond acceptors (Lipinski definition) is 3. The van der Waals surface area contributed by atoms with Crippen LogP contribution in [0.5, 0.6) is 0 Å². The zero-order valence-corrected chi connectivity index (χ0v) is 17.9. The second-order valence-corrected chi connectivity index (χ2v) is 8.11. The summed E-state index contributed by atoms with van der Waals surface area (Å²) < 4.78 is 13.1. The maximum absolute atomic E-state index is 13.1. The Morgan fingerprint density at radius 1 is 0.903 bits per heavy atom. The second kappa shape index (κ2) is 9.75. The number of carbonyl (C=O) groups is 1. The molecule has 1 amide bonds. The normalized spacial score (nSPS) is 14.5. The molecular formula is C26H28FN3O. The third kappa shape index (κ3) is 5.70. The first-order valence-corrected chi connectivity index (χ1v) is 10.7. The summed E-state index contributed by atoms with van der Waals surface area (Å²) in [6.45, 7) is 7.06. The Labute approximate surface area is 183 Å². The van der Waals surface area contributed by atoms with Crippen molar-refractivity contribution < 1.29 is 9.18 Å². The van der Waals surface area contributed by atoms with E-state index in [1.807, 2.05) is 55.5 Å². The summed E-state index contributed by atoms with van der Waals surface area (Å²) >= 11 is 0. The van der Waals surface area contributed by atoms with Gasteiger partial charge in [0.1, 0.15) is 5.82 Å². The third-order valence-electron chi connectivity index (χ3n) is 5.69. The highest BCUT2D eigenvalue weighted by atomic mass is 19.1. The van der Waals surface area contributed by atoms with Gasteiger partial charge in [-0.1, -0.05) is 42.0 Å². The van der Waals surface area contributed by atoms with Gasteiger partial charge in [0.15, 0.2) is 0 Å². The average molecular weight is 418 g/mol. The van der Waals surface area contributed by atoms with E-state index in [-0.39, 0.29) is 11.7 Å². The van der Waals surface area contributed by atoms with Crippen molar-refractivity contribution in [3.05, 3.63) is 101 Å². The van der Waals surface area contributed by atoms with Crippen LogP contribution < -0.4 is 10.2 Å². The van der Waals surface area contributed by atoms with Crippen LogP contribution in [0, 0.1) is 12.7 Å². The zero-order valence-electron chi connectivity index (χ0n) is 17.9. The molecule has 4 nitrogen and oxygen atoms in total. The molecule has 4 rings (SSSR count). The molecule has 160 valence electrons. The Balaban J connectivity index is 1.30. The molecule has 0 spiro atoms. The predicted molar refractivity (Wildman–Crippen MR) is 123 cm³/mol. The second-order valence-electron chi connectivity index (χ2n) is 8.11. The van der Waals surface area contributed by atoms with Gasteiger partial charge in [0.2, 0.25) is 0 Å². The fourth-order valence-electron chi connectivity index (χ4n) is 3.99. The van der Waals surface area contributed by atoms with Crippen LogP contribution in [-0.2, 0) is 13.1 Å². The highest BCUT2D eigenvalue weighted by Crippen LogP contribution is 2.18. The minimum Gasteiger partial charge on any atom is -0.369 e. The van der Waals surface area contributed by atoms with Crippen LogP contribution in [-0.4, -0.2) is 37.0 Å². The van der Waals surface area contributed by atoms with Crippen molar-refractivity contribution in [1.82, 2.24) is 10.2 Å². The first-order valence-electron chi connectivity index (χ1n) is 10.7. The molecule has 3 aromatic rings. The number of halogens is 1. The molecule has 0 saturated carbocycles. The van der Waals surface area contributed by atoms with Crippen molar-refractivity contribution in [2.75, 3.05) is 31.1 Å². The highest BCUT2D eigenvalue weighted by Gasteiger charge is 2.18. The predicted octanol–water partition coefficient (Wildman–Crippen LogP) is 4.39. The SMILES string of the molecule is Cc1cccc(CNC(=O)c2cccc(CN3CCN(c4ccc(F)cc4)CC3)c2)c1. The van der Waals surface area contributed by atoms with Gasteiger partial charge in [-0.15, -0.1) is 0 Å². The molecule has 3 aromatic carbocycles. The van der Waals surface area contributed by atoms with Gasteiger partial charge in [-0.25, -0.2) is 4.39 Å². The van der Waals surface area contributed by atoms with Crippen LogP contribution in [0.15, 0.2) is 72.8 Å². The van der Waals surface area contributed by atoms with Gasteiger partial charge in [-0.05, 0) is 54.4 Å². The molecular weight excluding hydrogens is 389 g/mol. The summed E-state index contributed by atoms with van der Waals surface area (Å²) in [5.74, 6) is -0.255. The quantitative estimate of drug-likeness (QED) is 0.646. The van der Waals surface area contributed by atoms with Crippen LogP contribution in [0.25, 0.3) is 0 Å². The molecule has 1 aliphatic heterocycles. The van der Waals surface area contributed by atoms with Crippen molar-refractivity contribution in [3.8, 4) is 0 Å². The van der Waals surface area contributed by atoms with Gasteiger partial charge in [0, 0.05) is 50.5 Å². The number of rotatable bonds is 6. The summed E-state index contributed by atoms with van der Waals surface area (Å²) in [5, 5.41) is 3.02. The molecule has 1 saturated heterocycles. The highest BCUT2D eigenvalue weighted by molar-refractivity contribution is 5.94. The Kier molecular flexibility index (Phi) is 6.63. The van der Waals surface area contributed by atoms with E-state index < -0.39 is 0 Å². The van der Waals surface area contributed by atoms with E-state index >= 15 is 0 Å². The van der Waals surface area contributed by atoms with Crippen LogP contribution in [0.3, 0.4) is 0 Å². The maximum atomic E-state index is 13.1. The van der Waals surface area contributed by atoms with Crippen molar-refractivity contribution in [3.63, 3.8) is 0 Å². The van der Waals surface area contributed by atoms with E-state index in [4.69, 9.17) is 0 Å². The van der Waals surface area contributed by atoms with Gasteiger partial charge < -0.3 is 10.2 Å². The number of amides is 1. The van der Waals surface area contributed by atoms with Gasteiger partial charge >= 0.3 is 0 Å². The Morgan fingerprint density at radius 3 is 2.35 bits per heavy atom. The largest absolute Gasteiger partial charge is 0.369 e. The zero-order chi connectivity index (χ0) is 21.6. The monoisotopic (exact) mass is 417 g/mol. The standard InChI is InChI=1S/C26H28FN3O/c1-20-4-2-5-21(16-20)18-28-26(31)23-7-3-6-22(17-23)19-29-12-14-30(15-13-29)25-10-8-24(27)9-11-25/h2-11,16-17H,12-15,18-19H2,1H3,(H,28,31). The molecule has 0 atom stereocenters. The number of piperazine rings is 1. The average Bonchev–Trinajstić information content (AvgIpc) is 2.79. The van der Waals surface area contributed by atoms with Crippen molar-refractivity contribution >= 4 is 11.6 Å².